The van der Waals surface area contributed by atoms with Gasteiger partial charge in [-0.1, -0.05) is 13.3 Å². The first-order valence-corrected chi connectivity index (χ1v) is 5.38. The monoisotopic (exact) mass is 205 g/mol. The first-order valence-electron chi connectivity index (χ1n) is 5.38. The molecular formula is C12H15NO2. The van der Waals surface area contributed by atoms with Gasteiger partial charge in [0.25, 0.3) is 0 Å². The fourth-order valence-electron chi connectivity index (χ4n) is 2.07. The molecule has 0 bridgehead atoms. The van der Waals surface area contributed by atoms with Crippen molar-refractivity contribution in [1.82, 2.24) is 4.98 Å². The second-order valence-electron chi connectivity index (χ2n) is 4.14. The van der Waals surface area contributed by atoms with Crippen molar-refractivity contribution < 1.29 is 9.90 Å². The first-order chi connectivity index (χ1) is 7.19. The van der Waals surface area contributed by atoms with Crippen LogP contribution in [0, 0.1) is 0 Å². The Labute approximate surface area is 89.2 Å². The molecule has 0 spiro atoms. The molecule has 1 N–H and O–H groups in total. The van der Waals surface area contributed by atoms with Gasteiger partial charge < -0.3 is 5.11 Å². The van der Waals surface area contributed by atoms with E-state index >= 15 is 0 Å². The van der Waals surface area contributed by atoms with Crippen LogP contribution in [0.5, 0.6) is 0 Å². The summed E-state index contributed by atoms with van der Waals surface area (Å²) in [5, 5.41) is 9.26. The topological polar surface area (TPSA) is 50.2 Å². The third-order valence-corrected chi connectivity index (χ3v) is 3.34. The zero-order valence-electron chi connectivity index (χ0n) is 8.86. The van der Waals surface area contributed by atoms with Crippen LogP contribution < -0.4 is 0 Å². The van der Waals surface area contributed by atoms with Gasteiger partial charge in [-0.15, -0.1) is 0 Å². The van der Waals surface area contributed by atoms with Gasteiger partial charge >= 0.3 is 5.97 Å². The molecule has 0 aromatic carbocycles. The van der Waals surface area contributed by atoms with Gasteiger partial charge in [0.1, 0.15) is 5.41 Å². The van der Waals surface area contributed by atoms with Gasteiger partial charge in [0.2, 0.25) is 0 Å². The van der Waals surface area contributed by atoms with Crippen LogP contribution >= 0.6 is 0 Å². The molecule has 80 valence electrons. The Kier molecular flexibility index (Phi) is 2.47. The van der Waals surface area contributed by atoms with E-state index in [1.54, 1.807) is 6.20 Å². The molecule has 1 saturated carbocycles. The van der Waals surface area contributed by atoms with Crippen molar-refractivity contribution in [3.05, 3.63) is 29.6 Å². The molecule has 0 amide bonds. The Balaban J connectivity index is 2.38. The van der Waals surface area contributed by atoms with Gasteiger partial charge in [0.15, 0.2) is 0 Å². The highest BCUT2D eigenvalue weighted by atomic mass is 16.4. The Hall–Kier alpha value is -1.38. The van der Waals surface area contributed by atoms with Crippen LogP contribution in [0.15, 0.2) is 18.3 Å². The van der Waals surface area contributed by atoms with Crippen LogP contribution in [-0.2, 0) is 16.6 Å². The summed E-state index contributed by atoms with van der Waals surface area (Å²) in [4.78, 5) is 15.5. The van der Waals surface area contributed by atoms with Gasteiger partial charge in [-0.2, -0.15) is 0 Å². The molecule has 2 rings (SSSR count). The highest BCUT2D eigenvalue weighted by Gasteiger charge is 2.47. The summed E-state index contributed by atoms with van der Waals surface area (Å²) in [6.45, 7) is 2.06. The number of carboxylic acids is 1. The summed E-state index contributed by atoms with van der Waals surface area (Å²) >= 11 is 0. The van der Waals surface area contributed by atoms with Crippen molar-refractivity contribution in [1.29, 1.82) is 0 Å². The van der Waals surface area contributed by atoms with Crippen molar-refractivity contribution in [3.8, 4) is 0 Å². The molecule has 3 heteroatoms. The van der Waals surface area contributed by atoms with Gasteiger partial charge in [0.05, 0.1) is 5.69 Å². The molecule has 3 nitrogen and oxygen atoms in total. The Morgan fingerprint density at radius 1 is 1.60 bits per heavy atom. The largest absolute Gasteiger partial charge is 0.481 e. The summed E-state index contributed by atoms with van der Waals surface area (Å²) in [5.74, 6) is -0.727. The smallest absolute Gasteiger partial charge is 0.315 e. The zero-order valence-corrected chi connectivity index (χ0v) is 8.86. The van der Waals surface area contributed by atoms with Gasteiger partial charge in [-0.05, 0) is 37.0 Å². The Morgan fingerprint density at radius 2 is 2.33 bits per heavy atom. The summed E-state index contributed by atoms with van der Waals surface area (Å²) < 4.78 is 0. The summed E-state index contributed by atoms with van der Waals surface area (Å²) in [7, 11) is 0. The van der Waals surface area contributed by atoms with Gasteiger partial charge in [-0.3, -0.25) is 9.78 Å². The third-order valence-electron chi connectivity index (χ3n) is 3.34. The van der Waals surface area contributed by atoms with E-state index in [1.807, 2.05) is 12.1 Å². The molecule has 1 aromatic rings. The molecule has 0 saturated heterocycles. The van der Waals surface area contributed by atoms with Crippen LogP contribution in [0.1, 0.15) is 37.4 Å². The van der Waals surface area contributed by atoms with E-state index in [2.05, 4.69) is 11.9 Å². The number of hydrogen-bond donors (Lipinski definition) is 1. The molecule has 1 aliphatic rings. The molecule has 0 unspecified atom stereocenters. The average molecular weight is 205 g/mol. The number of aromatic nitrogens is 1. The minimum atomic E-state index is -0.727. The lowest BCUT2D eigenvalue weighted by atomic mass is 9.66. The molecule has 1 aliphatic carbocycles. The van der Waals surface area contributed by atoms with Crippen molar-refractivity contribution in [3.63, 3.8) is 0 Å². The van der Waals surface area contributed by atoms with Crippen LogP contribution in [0.4, 0.5) is 0 Å². The number of aliphatic carboxylic acids is 1. The molecule has 0 atom stereocenters. The third kappa shape index (κ3) is 1.52. The molecule has 0 radical (unpaired) electrons. The van der Waals surface area contributed by atoms with Crippen molar-refractivity contribution in [2.24, 2.45) is 0 Å². The zero-order chi connectivity index (χ0) is 10.9. The van der Waals surface area contributed by atoms with E-state index in [0.29, 0.717) is 0 Å². The van der Waals surface area contributed by atoms with Crippen molar-refractivity contribution in [2.45, 2.75) is 38.0 Å². The van der Waals surface area contributed by atoms with Crippen LogP contribution in [0.25, 0.3) is 0 Å². The standard InChI is InChI=1S/C12H15NO2/c1-2-9-4-7-13-10(8-9)12(11(14)15)5-3-6-12/h4,7-8H,2-3,5-6H2,1H3,(H,14,15). The van der Waals surface area contributed by atoms with Crippen molar-refractivity contribution in [2.75, 3.05) is 0 Å². The maximum absolute atomic E-state index is 11.3. The highest BCUT2D eigenvalue weighted by molar-refractivity contribution is 5.81. The fraction of sp³-hybridized carbons (Fsp3) is 0.500. The lowest BCUT2D eigenvalue weighted by Gasteiger charge is -2.37. The number of carboxylic acid groups (broad SMARTS) is 1. The Bertz CT molecular complexity index is 383. The van der Waals surface area contributed by atoms with Gasteiger partial charge in [-0.25, -0.2) is 0 Å². The number of pyridine rings is 1. The quantitative estimate of drug-likeness (QED) is 0.822. The molecular weight excluding hydrogens is 190 g/mol. The predicted molar refractivity (Wildman–Crippen MR) is 56.8 cm³/mol. The van der Waals surface area contributed by atoms with E-state index in [0.717, 1.165) is 36.9 Å². The second-order valence-corrected chi connectivity index (χ2v) is 4.14. The number of aryl methyl sites for hydroxylation is 1. The highest BCUT2D eigenvalue weighted by Crippen LogP contribution is 2.43. The van der Waals surface area contributed by atoms with E-state index in [9.17, 15) is 9.90 Å². The SMILES string of the molecule is CCc1ccnc(C2(C(=O)O)CCC2)c1. The van der Waals surface area contributed by atoms with E-state index < -0.39 is 11.4 Å². The summed E-state index contributed by atoms with van der Waals surface area (Å²) in [6.07, 6.45) is 5.08. The average Bonchev–Trinajstić information content (AvgIpc) is 2.16. The normalized spacial score (nSPS) is 18.2. The summed E-state index contributed by atoms with van der Waals surface area (Å²) in [5.41, 5.74) is 1.21. The molecule has 1 aromatic heterocycles. The molecule has 0 aliphatic heterocycles. The molecule has 1 heterocycles. The lowest BCUT2D eigenvalue weighted by Crippen LogP contribution is -2.43. The minimum Gasteiger partial charge on any atom is -0.481 e. The number of carbonyl (C=O) groups is 1. The van der Waals surface area contributed by atoms with Crippen LogP contribution in [0.2, 0.25) is 0 Å². The maximum atomic E-state index is 11.3. The molecule has 15 heavy (non-hydrogen) atoms. The summed E-state index contributed by atoms with van der Waals surface area (Å²) in [6, 6.07) is 3.88. The first kappa shape index (κ1) is 10.1. The van der Waals surface area contributed by atoms with Gasteiger partial charge in [0, 0.05) is 6.20 Å². The van der Waals surface area contributed by atoms with Crippen LogP contribution in [-0.4, -0.2) is 16.1 Å². The predicted octanol–water partition coefficient (Wildman–Crippen LogP) is 2.15. The minimum absolute atomic E-state index is 0.689. The Morgan fingerprint density at radius 3 is 2.80 bits per heavy atom. The second kappa shape index (κ2) is 3.65. The van der Waals surface area contributed by atoms with E-state index in [4.69, 9.17) is 0 Å². The molecule has 1 fully saturated rings. The fourth-order valence-corrected chi connectivity index (χ4v) is 2.07. The number of nitrogens with zero attached hydrogens (tertiary/aromatic N) is 1. The lowest BCUT2D eigenvalue weighted by molar-refractivity contribution is -0.147. The van der Waals surface area contributed by atoms with Crippen LogP contribution in [0.3, 0.4) is 0 Å². The number of rotatable bonds is 3. The van der Waals surface area contributed by atoms with E-state index in [-0.39, 0.29) is 0 Å². The van der Waals surface area contributed by atoms with Crippen molar-refractivity contribution >= 4 is 5.97 Å². The maximum Gasteiger partial charge on any atom is 0.315 e. The number of hydrogen-bond acceptors (Lipinski definition) is 2. The van der Waals surface area contributed by atoms with E-state index in [1.165, 1.54) is 0 Å².